The minimum Gasteiger partial charge on any atom is -0.451 e. The summed E-state index contributed by atoms with van der Waals surface area (Å²) in [7, 11) is 0. The average molecular weight is 374 g/mol. The zero-order valence-corrected chi connectivity index (χ0v) is 13.1. The Kier molecular flexibility index (Phi) is 6.71. The first-order valence-corrected chi connectivity index (χ1v) is 7.67. The average Bonchev–Trinajstić information content (AvgIpc) is 2.88. The maximum atomic E-state index is 5.55. The molecule has 1 aromatic heterocycles. The van der Waals surface area contributed by atoms with E-state index in [1.54, 1.807) is 0 Å². The summed E-state index contributed by atoms with van der Waals surface area (Å²) in [4.78, 5) is 2.45. The van der Waals surface area contributed by atoms with Crippen LogP contribution in [0.4, 0.5) is 0 Å². The molecule has 0 saturated carbocycles. The summed E-state index contributed by atoms with van der Waals surface area (Å²) in [6.45, 7) is 6.80. The van der Waals surface area contributed by atoms with Gasteiger partial charge in [-0.1, -0.05) is 0 Å². The first-order chi connectivity index (χ1) is 9.38. The molecule has 0 bridgehead atoms. The molecule has 1 aliphatic rings. The Balaban J connectivity index is 1.56. The lowest BCUT2D eigenvalue weighted by molar-refractivity contribution is 0.0374. The Morgan fingerprint density at radius 3 is 2.95 bits per heavy atom. The van der Waals surface area contributed by atoms with Gasteiger partial charge in [0.05, 0.1) is 19.8 Å². The van der Waals surface area contributed by atoms with Crippen LogP contribution in [0, 0.1) is 9.85 Å². The van der Waals surface area contributed by atoms with Gasteiger partial charge in [0.15, 0.2) is 5.76 Å². The molecule has 0 aliphatic carbocycles. The van der Waals surface area contributed by atoms with Crippen LogP contribution in [-0.2, 0) is 11.3 Å². The minimum atomic E-state index is 0.736. The summed E-state index contributed by atoms with van der Waals surface area (Å²) in [5, 5.41) is 3.39. The number of furan rings is 1. The molecule has 1 aromatic rings. The van der Waals surface area contributed by atoms with E-state index in [9.17, 15) is 0 Å². The zero-order valence-electron chi connectivity index (χ0n) is 11.0. The van der Waals surface area contributed by atoms with E-state index in [4.69, 9.17) is 9.15 Å². The van der Waals surface area contributed by atoms with Crippen molar-refractivity contribution in [2.75, 3.05) is 39.4 Å². The highest BCUT2D eigenvalue weighted by Gasteiger charge is 2.08. The predicted molar refractivity (Wildman–Crippen MR) is 83.2 cm³/mol. The van der Waals surface area contributed by atoms with Crippen molar-refractivity contribution in [3.8, 4) is 9.85 Å². The summed E-state index contributed by atoms with van der Waals surface area (Å²) < 4.78 is 13.7. The van der Waals surface area contributed by atoms with E-state index >= 15 is 0 Å². The smallest absolute Gasteiger partial charge is 0.177 e. The molecule has 104 valence electrons. The molecule has 0 aromatic carbocycles. The Hall–Kier alpha value is -0.550. The number of nitrogens with zero attached hydrogens (tertiary/aromatic N) is 1. The van der Waals surface area contributed by atoms with Crippen molar-refractivity contribution in [1.82, 2.24) is 10.2 Å². The van der Waals surface area contributed by atoms with Gasteiger partial charge in [-0.2, -0.15) is 0 Å². The fraction of sp³-hybridized carbons (Fsp3) is 0.571. The van der Waals surface area contributed by atoms with Crippen LogP contribution in [0.15, 0.2) is 16.5 Å². The SMILES string of the molecule is IC#Cc1ccc(CNCCCN2CCOCC2)o1. The lowest BCUT2D eigenvalue weighted by Crippen LogP contribution is -2.37. The third-order valence-corrected chi connectivity index (χ3v) is 3.33. The molecule has 0 unspecified atom stereocenters. The van der Waals surface area contributed by atoms with Crippen LogP contribution in [0.5, 0.6) is 0 Å². The predicted octanol–water partition coefficient (Wildman–Crippen LogP) is 1.84. The van der Waals surface area contributed by atoms with Gasteiger partial charge in [-0.3, -0.25) is 4.90 Å². The Morgan fingerprint density at radius 2 is 2.16 bits per heavy atom. The quantitative estimate of drug-likeness (QED) is 0.469. The summed E-state index contributed by atoms with van der Waals surface area (Å²) in [6, 6.07) is 3.89. The summed E-state index contributed by atoms with van der Waals surface area (Å²) in [6.07, 6.45) is 1.15. The van der Waals surface area contributed by atoms with Crippen LogP contribution in [0.1, 0.15) is 17.9 Å². The van der Waals surface area contributed by atoms with E-state index in [0.717, 1.165) is 63.9 Å². The Labute approximate surface area is 128 Å². The molecule has 1 fully saturated rings. The fourth-order valence-corrected chi connectivity index (χ4v) is 2.32. The number of ether oxygens (including phenoxy) is 1. The molecular formula is C14H19IN2O2. The maximum absolute atomic E-state index is 5.55. The molecule has 0 atom stereocenters. The number of nitrogens with one attached hydrogen (secondary N) is 1. The Bertz CT molecular complexity index is 430. The Morgan fingerprint density at radius 1 is 1.32 bits per heavy atom. The van der Waals surface area contributed by atoms with Crippen molar-refractivity contribution in [2.45, 2.75) is 13.0 Å². The molecule has 19 heavy (non-hydrogen) atoms. The molecule has 2 heterocycles. The first kappa shape index (κ1) is 14.9. The largest absolute Gasteiger partial charge is 0.451 e. The van der Waals surface area contributed by atoms with Gasteiger partial charge >= 0.3 is 0 Å². The van der Waals surface area contributed by atoms with E-state index in [1.807, 2.05) is 34.7 Å². The van der Waals surface area contributed by atoms with Crippen LogP contribution in [0.2, 0.25) is 0 Å². The van der Waals surface area contributed by atoms with E-state index in [-0.39, 0.29) is 0 Å². The second kappa shape index (κ2) is 8.59. The molecule has 2 rings (SSSR count). The van der Waals surface area contributed by atoms with Crippen molar-refractivity contribution in [1.29, 1.82) is 0 Å². The molecule has 0 amide bonds. The van der Waals surface area contributed by atoms with Crippen LogP contribution >= 0.6 is 22.6 Å². The normalized spacial score (nSPS) is 16.1. The van der Waals surface area contributed by atoms with Gasteiger partial charge in [-0.05, 0) is 41.5 Å². The van der Waals surface area contributed by atoms with Crippen molar-refractivity contribution in [3.05, 3.63) is 23.7 Å². The van der Waals surface area contributed by atoms with Gasteiger partial charge in [0, 0.05) is 35.7 Å². The van der Waals surface area contributed by atoms with Gasteiger partial charge in [-0.15, -0.1) is 0 Å². The van der Waals surface area contributed by atoms with Gasteiger partial charge in [0.25, 0.3) is 0 Å². The maximum Gasteiger partial charge on any atom is 0.177 e. The highest BCUT2D eigenvalue weighted by atomic mass is 127. The molecule has 0 spiro atoms. The summed E-state index contributed by atoms with van der Waals surface area (Å²) in [5.41, 5.74) is 0. The number of rotatable bonds is 6. The number of morpholine rings is 1. The number of halogens is 1. The van der Waals surface area contributed by atoms with E-state index in [1.165, 1.54) is 0 Å². The highest BCUT2D eigenvalue weighted by Crippen LogP contribution is 2.06. The van der Waals surface area contributed by atoms with Crippen molar-refractivity contribution >= 4 is 22.6 Å². The topological polar surface area (TPSA) is 37.6 Å². The molecule has 4 nitrogen and oxygen atoms in total. The second-order valence-electron chi connectivity index (χ2n) is 4.47. The first-order valence-electron chi connectivity index (χ1n) is 6.59. The molecule has 1 saturated heterocycles. The summed E-state index contributed by atoms with van der Waals surface area (Å²) >= 11 is 2.01. The third kappa shape index (κ3) is 5.53. The number of hydrogen-bond acceptors (Lipinski definition) is 4. The van der Waals surface area contributed by atoms with Crippen molar-refractivity contribution in [2.24, 2.45) is 0 Å². The lowest BCUT2D eigenvalue weighted by Gasteiger charge is -2.26. The van der Waals surface area contributed by atoms with Gasteiger partial charge in [0.2, 0.25) is 0 Å². The molecular weight excluding hydrogens is 355 g/mol. The molecule has 5 heteroatoms. The molecule has 0 radical (unpaired) electrons. The second-order valence-corrected chi connectivity index (χ2v) is 5.01. The lowest BCUT2D eigenvalue weighted by atomic mass is 10.3. The zero-order chi connectivity index (χ0) is 13.3. The van der Waals surface area contributed by atoms with Gasteiger partial charge < -0.3 is 14.5 Å². The van der Waals surface area contributed by atoms with E-state index < -0.39 is 0 Å². The minimum absolute atomic E-state index is 0.736. The third-order valence-electron chi connectivity index (χ3n) is 3.06. The van der Waals surface area contributed by atoms with Crippen molar-refractivity contribution in [3.63, 3.8) is 0 Å². The molecule has 1 aliphatic heterocycles. The standard InChI is InChI=1S/C14H19IN2O2/c15-5-4-13-2-3-14(19-13)12-16-6-1-7-17-8-10-18-11-9-17/h2-3,16H,1,6-12H2. The number of hydrogen-bond donors (Lipinski definition) is 1. The monoisotopic (exact) mass is 374 g/mol. The van der Waals surface area contributed by atoms with Crippen LogP contribution in [0.3, 0.4) is 0 Å². The fourth-order valence-electron chi connectivity index (χ4n) is 2.05. The van der Waals surface area contributed by atoms with Crippen LogP contribution in [0.25, 0.3) is 0 Å². The molecule has 1 N–H and O–H groups in total. The highest BCUT2D eigenvalue weighted by molar-refractivity contribution is 14.1. The van der Waals surface area contributed by atoms with Crippen LogP contribution in [-0.4, -0.2) is 44.3 Å². The van der Waals surface area contributed by atoms with Crippen LogP contribution < -0.4 is 5.32 Å². The van der Waals surface area contributed by atoms with Gasteiger partial charge in [-0.25, -0.2) is 0 Å². The van der Waals surface area contributed by atoms with E-state index in [2.05, 4.69) is 20.1 Å². The van der Waals surface area contributed by atoms with Gasteiger partial charge in [0.1, 0.15) is 5.76 Å². The van der Waals surface area contributed by atoms with Crippen molar-refractivity contribution < 1.29 is 9.15 Å². The summed E-state index contributed by atoms with van der Waals surface area (Å²) in [5.74, 6) is 4.58. The van der Waals surface area contributed by atoms with E-state index in [0.29, 0.717) is 0 Å².